The molecule has 2 rings (SSSR count). The average molecular weight is 356 g/mol. The summed E-state index contributed by atoms with van der Waals surface area (Å²) in [6, 6.07) is 5.43. The van der Waals surface area contributed by atoms with E-state index in [9.17, 15) is 4.79 Å². The molecule has 0 aromatic heterocycles. The van der Waals surface area contributed by atoms with E-state index in [-0.39, 0.29) is 5.91 Å². The summed E-state index contributed by atoms with van der Waals surface area (Å²) >= 11 is 3.47. The zero-order valence-corrected chi connectivity index (χ0v) is 13.9. The minimum absolute atomic E-state index is 0.0898. The van der Waals surface area contributed by atoms with Crippen molar-refractivity contribution in [2.45, 2.75) is 26.2 Å². The van der Waals surface area contributed by atoms with Crippen LogP contribution in [0.4, 0.5) is 0 Å². The van der Waals surface area contributed by atoms with Crippen LogP contribution in [0.5, 0.6) is 11.5 Å². The molecule has 4 nitrogen and oxygen atoms in total. The number of hydrogen-bond donors (Lipinski definition) is 1. The highest BCUT2D eigenvalue weighted by Gasteiger charge is 2.20. The molecule has 1 atom stereocenters. The van der Waals surface area contributed by atoms with E-state index < -0.39 is 0 Å². The van der Waals surface area contributed by atoms with E-state index in [0.29, 0.717) is 42.7 Å². The fourth-order valence-corrected chi connectivity index (χ4v) is 3.14. The summed E-state index contributed by atoms with van der Waals surface area (Å²) in [6.45, 7) is 3.88. The summed E-state index contributed by atoms with van der Waals surface area (Å²) in [6.07, 6.45) is 3.32. The number of nitrogens with one attached hydrogen (secondary N) is 1. The SMILES string of the molecule is CCCC(CCBr)CNC(=O)c1cccc2c1OCCO2. The molecule has 1 unspecified atom stereocenters. The first kappa shape index (κ1) is 16.1. The Morgan fingerprint density at radius 3 is 2.90 bits per heavy atom. The molecule has 0 fully saturated rings. The first-order valence-electron chi connectivity index (χ1n) is 7.49. The molecule has 0 radical (unpaired) electrons. The van der Waals surface area contributed by atoms with Crippen LogP contribution in [0.2, 0.25) is 0 Å². The van der Waals surface area contributed by atoms with Crippen molar-refractivity contribution in [3.63, 3.8) is 0 Å². The number of halogens is 1. The van der Waals surface area contributed by atoms with Gasteiger partial charge < -0.3 is 14.8 Å². The van der Waals surface area contributed by atoms with Crippen molar-refractivity contribution >= 4 is 21.8 Å². The average Bonchev–Trinajstić information content (AvgIpc) is 2.52. The summed E-state index contributed by atoms with van der Waals surface area (Å²) in [7, 11) is 0. The van der Waals surface area contributed by atoms with E-state index in [1.165, 1.54) is 0 Å². The van der Waals surface area contributed by atoms with Gasteiger partial charge in [0.2, 0.25) is 0 Å². The lowest BCUT2D eigenvalue weighted by Gasteiger charge is -2.21. The van der Waals surface area contributed by atoms with E-state index in [4.69, 9.17) is 9.47 Å². The number of carbonyl (C=O) groups is 1. The van der Waals surface area contributed by atoms with Crippen molar-refractivity contribution in [2.24, 2.45) is 5.92 Å². The molecule has 1 aliphatic heterocycles. The predicted octanol–water partition coefficient (Wildman–Crippen LogP) is 3.39. The summed E-state index contributed by atoms with van der Waals surface area (Å²) in [5, 5.41) is 3.99. The quantitative estimate of drug-likeness (QED) is 0.762. The highest BCUT2D eigenvalue weighted by atomic mass is 79.9. The number of alkyl halides is 1. The van der Waals surface area contributed by atoms with Crippen molar-refractivity contribution in [1.29, 1.82) is 0 Å². The van der Waals surface area contributed by atoms with Gasteiger partial charge in [0, 0.05) is 11.9 Å². The summed E-state index contributed by atoms with van der Waals surface area (Å²) in [5.41, 5.74) is 0.557. The van der Waals surface area contributed by atoms with Gasteiger partial charge in [0.15, 0.2) is 11.5 Å². The van der Waals surface area contributed by atoms with Gasteiger partial charge in [-0.25, -0.2) is 0 Å². The maximum atomic E-state index is 12.4. The van der Waals surface area contributed by atoms with Crippen molar-refractivity contribution in [3.05, 3.63) is 23.8 Å². The third-order valence-electron chi connectivity index (χ3n) is 3.58. The maximum absolute atomic E-state index is 12.4. The molecule has 1 aromatic rings. The molecule has 1 aliphatic rings. The Morgan fingerprint density at radius 1 is 1.33 bits per heavy atom. The zero-order chi connectivity index (χ0) is 15.1. The van der Waals surface area contributed by atoms with Crippen LogP contribution in [0.15, 0.2) is 18.2 Å². The molecule has 21 heavy (non-hydrogen) atoms. The molecule has 1 N–H and O–H groups in total. The van der Waals surface area contributed by atoms with Gasteiger partial charge in [-0.3, -0.25) is 4.79 Å². The van der Waals surface area contributed by atoms with E-state index in [1.54, 1.807) is 6.07 Å². The molecule has 5 heteroatoms. The normalized spacial score (nSPS) is 14.6. The van der Waals surface area contributed by atoms with Crippen LogP contribution in [0.3, 0.4) is 0 Å². The second-order valence-corrected chi connectivity index (χ2v) is 5.97. The van der Waals surface area contributed by atoms with Crippen LogP contribution in [-0.4, -0.2) is 31.0 Å². The first-order chi connectivity index (χ1) is 10.3. The van der Waals surface area contributed by atoms with Gasteiger partial charge >= 0.3 is 0 Å². The molecule has 0 saturated heterocycles. The Morgan fingerprint density at radius 2 is 2.14 bits per heavy atom. The highest BCUT2D eigenvalue weighted by Crippen LogP contribution is 2.33. The van der Waals surface area contributed by atoms with E-state index in [1.807, 2.05) is 12.1 Å². The first-order valence-corrected chi connectivity index (χ1v) is 8.61. The van der Waals surface area contributed by atoms with Crippen LogP contribution < -0.4 is 14.8 Å². The molecular formula is C16H22BrNO3. The van der Waals surface area contributed by atoms with Crippen molar-refractivity contribution in [1.82, 2.24) is 5.32 Å². The van der Waals surface area contributed by atoms with Crippen LogP contribution in [0.1, 0.15) is 36.5 Å². The zero-order valence-electron chi connectivity index (χ0n) is 12.4. The van der Waals surface area contributed by atoms with Crippen LogP contribution in [0.25, 0.3) is 0 Å². The van der Waals surface area contributed by atoms with Crippen molar-refractivity contribution < 1.29 is 14.3 Å². The smallest absolute Gasteiger partial charge is 0.255 e. The molecule has 0 aliphatic carbocycles. The molecule has 1 heterocycles. The topological polar surface area (TPSA) is 47.6 Å². The standard InChI is InChI=1S/C16H22BrNO3/c1-2-4-12(7-8-17)11-18-16(19)13-5-3-6-14-15(13)21-10-9-20-14/h3,5-6,12H,2,4,7-11H2,1H3,(H,18,19). The van der Waals surface area contributed by atoms with Crippen LogP contribution in [-0.2, 0) is 0 Å². The fraction of sp³-hybridized carbons (Fsp3) is 0.562. The summed E-state index contributed by atoms with van der Waals surface area (Å²) < 4.78 is 11.1. The van der Waals surface area contributed by atoms with Gasteiger partial charge in [-0.1, -0.05) is 35.3 Å². The largest absolute Gasteiger partial charge is 0.486 e. The van der Waals surface area contributed by atoms with E-state index in [2.05, 4.69) is 28.2 Å². The molecule has 0 saturated carbocycles. The van der Waals surface area contributed by atoms with Gasteiger partial charge in [-0.2, -0.15) is 0 Å². The number of hydrogen-bond acceptors (Lipinski definition) is 3. The Balaban J connectivity index is 2.00. The lowest BCUT2D eigenvalue weighted by Crippen LogP contribution is -2.30. The molecule has 0 bridgehead atoms. The highest BCUT2D eigenvalue weighted by molar-refractivity contribution is 9.09. The van der Waals surface area contributed by atoms with E-state index in [0.717, 1.165) is 24.6 Å². The Kier molecular flexibility index (Phi) is 6.36. The second-order valence-electron chi connectivity index (χ2n) is 5.17. The predicted molar refractivity (Wildman–Crippen MR) is 86.6 cm³/mol. The number of carbonyl (C=O) groups excluding carboxylic acids is 1. The lowest BCUT2D eigenvalue weighted by molar-refractivity contribution is 0.0935. The number of fused-ring (bicyclic) bond motifs is 1. The Bertz CT molecular complexity index is 473. The molecule has 1 amide bonds. The Hall–Kier alpha value is -1.23. The van der Waals surface area contributed by atoms with Crippen LogP contribution in [0, 0.1) is 5.92 Å². The van der Waals surface area contributed by atoms with Crippen molar-refractivity contribution in [2.75, 3.05) is 25.1 Å². The number of amides is 1. The molecule has 0 spiro atoms. The number of para-hydroxylation sites is 1. The minimum atomic E-state index is -0.0898. The molecule has 116 valence electrons. The van der Waals surface area contributed by atoms with Gasteiger partial charge in [0.25, 0.3) is 5.91 Å². The maximum Gasteiger partial charge on any atom is 0.255 e. The Labute approximate surface area is 134 Å². The second kappa shape index (κ2) is 8.27. The third kappa shape index (κ3) is 4.37. The van der Waals surface area contributed by atoms with E-state index >= 15 is 0 Å². The third-order valence-corrected chi connectivity index (χ3v) is 4.03. The fourth-order valence-electron chi connectivity index (χ4n) is 2.50. The summed E-state index contributed by atoms with van der Waals surface area (Å²) in [5.74, 6) is 1.64. The number of rotatable bonds is 7. The van der Waals surface area contributed by atoms with Gasteiger partial charge in [-0.05, 0) is 30.9 Å². The lowest BCUT2D eigenvalue weighted by atomic mass is 10.0. The van der Waals surface area contributed by atoms with Crippen molar-refractivity contribution in [3.8, 4) is 11.5 Å². The van der Waals surface area contributed by atoms with Crippen LogP contribution >= 0.6 is 15.9 Å². The summed E-state index contributed by atoms with van der Waals surface area (Å²) in [4.78, 5) is 12.4. The number of ether oxygens (including phenoxy) is 2. The van der Waals surface area contributed by atoms with Gasteiger partial charge in [0.1, 0.15) is 13.2 Å². The van der Waals surface area contributed by atoms with Gasteiger partial charge in [-0.15, -0.1) is 0 Å². The van der Waals surface area contributed by atoms with Gasteiger partial charge in [0.05, 0.1) is 5.56 Å². The number of benzene rings is 1. The molecule has 1 aromatic carbocycles. The molecular weight excluding hydrogens is 334 g/mol. The monoisotopic (exact) mass is 355 g/mol. The minimum Gasteiger partial charge on any atom is -0.486 e.